The number of halogens is 2. The minimum absolute atomic E-state index is 0.187. The molecule has 17 heavy (non-hydrogen) atoms. The van der Waals surface area contributed by atoms with E-state index in [1.54, 1.807) is 20.8 Å². The van der Waals surface area contributed by atoms with Gasteiger partial charge >= 0.3 is 5.97 Å². The molecule has 0 radical (unpaired) electrons. The molecular weight excluding hydrogens is 291 g/mol. The molecule has 1 rings (SSSR count). The van der Waals surface area contributed by atoms with Gasteiger partial charge in [-0.05, 0) is 48.8 Å². The van der Waals surface area contributed by atoms with Gasteiger partial charge in [0.1, 0.15) is 11.4 Å². The van der Waals surface area contributed by atoms with Crippen molar-refractivity contribution in [3.05, 3.63) is 33.5 Å². The van der Waals surface area contributed by atoms with Crippen molar-refractivity contribution in [2.45, 2.75) is 26.4 Å². The van der Waals surface area contributed by atoms with E-state index >= 15 is 0 Å². The monoisotopic (exact) mass is 302 g/mol. The number of aldehydes is 1. The number of hydrogen-bond acceptors (Lipinski definition) is 3. The van der Waals surface area contributed by atoms with Gasteiger partial charge in [0.15, 0.2) is 6.29 Å². The molecule has 0 bridgehead atoms. The van der Waals surface area contributed by atoms with E-state index in [1.807, 2.05) is 0 Å². The zero-order valence-electron chi connectivity index (χ0n) is 9.71. The number of benzene rings is 1. The third kappa shape index (κ3) is 3.36. The normalized spacial score (nSPS) is 11.1. The summed E-state index contributed by atoms with van der Waals surface area (Å²) in [7, 11) is 0. The molecule has 0 heterocycles. The molecule has 0 atom stereocenters. The summed E-state index contributed by atoms with van der Waals surface area (Å²) in [4.78, 5) is 22.4. The van der Waals surface area contributed by atoms with Gasteiger partial charge in [0, 0.05) is 4.47 Å². The van der Waals surface area contributed by atoms with E-state index < -0.39 is 17.4 Å². The van der Waals surface area contributed by atoms with E-state index in [4.69, 9.17) is 4.74 Å². The lowest BCUT2D eigenvalue weighted by Crippen LogP contribution is -2.24. The minimum Gasteiger partial charge on any atom is -0.456 e. The van der Waals surface area contributed by atoms with Crippen LogP contribution in [0.5, 0.6) is 0 Å². The molecule has 0 saturated carbocycles. The summed E-state index contributed by atoms with van der Waals surface area (Å²) in [5.74, 6) is -1.66. The maximum absolute atomic E-state index is 13.8. The lowest BCUT2D eigenvalue weighted by molar-refractivity contribution is 0.00647. The number of esters is 1. The molecule has 0 aliphatic rings. The summed E-state index contributed by atoms with van der Waals surface area (Å²) < 4.78 is 19.1. The maximum Gasteiger partial charge on any atom is 0.341 e. The first-order chi connectivity index (χ1) is 7.76. The molecule has 0 aliphatic heterocycles. The standard InChI is InChI=1S/C12H12BrFO3/c1-12(2,3)17-11(16)7-4-5-9(13)8(6-15)10(7)14/h4-6H,1-3H3. The van der Waals surface area contributed by atoms with Gasteiger partial charge in [-0.25, -0.2) is 9.18 Å². The Morgan fingerprint density at radius 2 is 2.00 bits per heavy atom. The van der Waals surface area contributed by atoms with Crippen LogP contribution in [0.2, 0.25) is 0 Å². The van der Waals surface area contributed by atoms with Crippen molar-refractivity contribution in [2.24, 2.45) is 0 Å². The molecule has 92 valence electrons. The number of hydrogen-bond donors (Lipinski definition) is 0. The van der Waals surface area contributed by atoms with E-state index in [9.17, 15) is 14.0 Å². The third-order valence-electron chi connectivity index (χ3n) is 1.86. The summed E-state index contributed by atoms with van der Waals surface area (Å²) in [6, 6.07) is 2.71. The second-order valence-electron chi connectivity index (χ2n) is 4.44. The largest absolute Gasteiger partial charge is 0.456 e. The molecule has 3 nitrogen and oxygen atoms in total. The van der Waals surface area contributed by atoms with Gasteiger partial charge in [0.05, 0.1) is 11.1 Å². The second-order valence-corrected chi connectivity index (χ2v) is 5.30. The predicted octanol–water partition coefficient (Wildman–Crippen LogP) is 3.36. The van der Waals surface area contributed by atoms with Gasteiger partial charge in [-0.15, -0.1) is 0 Å². The average Bonchev–Trinajstić information content (AvgIpc) is 2.15. The highest BCUT2D eigenvalue weighted by molar-refractivity contribution is 9.10. The Hall–Kier alpha value is -1.23. The molecule has 0 fully saturated rings. The van der Waals surface area contributed by atoms with Gasteiger partial charge < -0.3 is 4.74 Å². The molecule has 5 heteroatoms. The molecule has 0 saturated heterocycles. The highest BCUT2D eigenvalue weighted by Crippen LogP contribution is 2.23. The maximum atomic E-state index is 13.8. The van der Waals surface area contributed by atoms with Crippen LogP contribution < -0.4 is 0 Å². The Bertz CT molecular complexity index is 464. The van der Waals surface area contributed by atoms with E-state index in [0.29, 0.717) is 10.8 Å². The summed E-state index contributed by atoms with van der Waals surface area (Å²) in [6.07, 6.45) is 0.354. The van der Waals surface area contributed by atoms with Crippen molar-refractivity contribution in [3.8, 4) is 0 Å². The van der Waals surface area contributed by atoms with Crippen LogP contribution in [0.3, 0.4) is 0 Å². The summed E-state index contributed by atoms with van der Waals surface area (Å²) in [5, 5.41) is 0. The SMILES string of the molecule is CC(C)(C)OC(=O)c1ccc(Br)c(C=O)c1F. The van der Waals surface area contributed by atoms with Crippen molar-refractivity contribution in [1.29, 1.82) is 0 Å². The minimum atomic E-state index is -0.872. The molecule has 0 N–H and O–H groups in total. The van der Waals surface area contributed by atoms with Crippen molar-refractivity contribution in [2.75, 3.05) is 0 Å². The average molecular weight is 303 g/mol. The highest BCUT2D eigenvalue weighted by Gasteiger charge is 2.23. The molecule has 0 amide bonds. The molecule has 0 aromatic heterocycles. The predicted molar refractivity (Wildman–Crippen MR) is 64.7 cm³/mol. The van der Waals surface area contributed by atoms with Gasteiger partial charge in [0.25, 0.3) is 0 Å². The van der Waals surface area contributed by atoms with E-state index in [2.05, 4.69) is 15.9 Å². The van der Waals surface area contributed by atoms with Crippen LogP contribution in [0, 0.1) is 5.82 Å². The van der Waals surface area contributed by atoms with Gasteiger partial charge in [-0.1, -0.05) is 0 Å². The van der Waals surface area contributed by atoms with Crippen LogP contribution in [0.1, 0.15) is 41.5 Å². The number of rotatable bonds is 2. The van der Waals surface area contributed by atoms with Gasteiger partial charge in [-0.2, -0.15) is 0 Å². The Morgan fingerprint density at radius 3 is 2.47 bits per heavy atom. The first-order valence-corrected chi connectivity index (χ1v) is 5.72. The van der Waals surface area contributed by atoms with Gasteiger partial charge in [0.2, 0.25) is 0 Å². The molecule has 0 unspecified atom stereocenters. The first-order valence-electron chi connectivity index (χ1n) is 4.93. The van der Waals surface area contributed by atoms with Crippen LogP contribution >= 0.6 is 15.9 Å². The molecule has 1 aromatic rings. The Kier molecular flexibility index (Phi) is 4.03. The van der Waals surface area contributed by atoms with Crippen LogP contribution in [0.4, 0.5) is 4.39 Å². The summed E-state index contributed by atoms with van der Waals surface area (Å²) in [6.45, 7) is 5.05. The van der Waals surface area contributed by atoms with E-state index in [-0.39, 0.29) is 11.1 Å². The van der Waals surface area contributed by atoms with Crippen molar-refractivity contribution < 1.29 is 18.7 Å². The molecule has 1 aromatic carbocycles. The zero-order chi connectivity index (χ0) is 13.2. The summed E-state index contributed by atoms with van der Waals surface area (Å²) in [5.41, 5.74) is -1.14. The fourth-order valence-electron chi connectivity index (χ4n) is 1.17. The lowest BCUT2D eigenvalue weighted by atomic mass is 10.1. The van der Waals surface area contributed by atoms with Crippen LogP contribution in [-0.4, -0.2) is 17.9 Å². The topological polar surface area (TPSA) is 43.4 Å². The van der Waals surface area contributed by atoms with Crippen molar-refractivity contribution in [3.63, 3.8) is 0 Å². The molecular formula is C12H12BrFO3. The molecule has 0 aliphatic carbocycles. The van der Waals surface area contributed by atoms with Crippen LogP contribution in [-0.2, 0) is 4.74 Å². The number of ether oxygens (including phenoxy) is 1. The number of carbonyl (C=O) groups is 2. The van der Waals surface area contributed by atoms with Crippen LogP contribution in [0.25, 0.3) is 0 Å². The van der Waals surface area contributed by atoms with Crippen molar-refractivity contribution in [1.82, 2.24) is 0 Å². The van der Waals surface area contributed by atoms with E-state index in [1.165, 1.54) is 12.1 Å². The zero-order valence-corrected chi connectivity index (χ0v) is 11.3. The fourth-order valence-corrected chi connectivity index (χ4v) is 1.57. The smallest absolute Gasteiger partial charge is 0.341 e. The van der Waals surface area contributed by atoms with Crippen molar-refractivity contribution >= 4 is 28.2 Å². The van der Waals surface area contributed by atoms with E-state index in [0.717, 1.165) is 0 Å². The fraction of sp³-hybridized carbons (Fsp3) is 0.333. The second kappa shape index (κ2) is 4.96. The number of carbonyl (C=O) groups excluding carboxylic acids is 2. The van der Waals surface area contributed by atoms with Gasteiger partial charge in [-0.3, -0.25) is 4.79 Å². The lowest BCUT2D eigenvalue weighted by Gasteiger charge is -2.19. The Balaban J connectivity index is 3.16. The first kappa shape index (κ1) is 13.8. The Labute approximate surface area is 107 Å². The van der Waals surface area contributed by atoms with Crippen LogP contribution in [0.15, 0.2) is 16.6 Å². The third-order valence-corrected chi connectivity index (χ3v) is 2.55. The summed E-state index contributed by atoms with van der Waals surface area (Å²) >= 11 is 3.03. The highest BCUT2D eigenvalue weighted by atomic mass is 79.9. The Morgan fingerprint density at radius 1 is 1.41 bits per heavy atom. The molecule has 0 spiro atoms. The quantitative estimate of drug-likeness (QED) is 0.621.